The number of methoxy groups -OCH3 is 1. The lowest BCUT2D eigenvalue weighted by atomic mass is 9.80. The van der Waals surface area contributed by atoms with Crippen molar-refractivity contribution in [2.24, 2.45) is 29.4 Å². The summed E-state index contributed by atoms with van der Waals surface area (Å²) in [6.07, 6.45) is 9.60. The van der Waals surface area contributed by atoms with Crippen LogP contribution in [0.25, 0.3) is 0 Å². The molecule has 230 valence electrons. The second kappa shape index (κ2) is 14.5. The summed E-state index contributed by atoms with van der Waals surface area (Å²) in [7, 11) is 1.70. The Morgan fingerprint density at radius 2 is 1.98 bits per heavy atom. The summed E-state index contributed by atoms with van der Waals surface area (Å²) in [5.41, 5.74) is 10.3. The Bertz CT molecular complexity index is 1050. The number of rotatable bonds is 14. The molecule has 4 rings (SSSR count). The lowest BCUT2D eigenvalue weighted by Crippen LogP contribution is -2.55. The molecule has 1 amide bonds. The van der Waals surface area contributed by atoms with Crippen molar-refractivity contribution in [1.82, 2.24) is 15.1 Å². The van der Waals surface area contributed by atoms with Crippen molar-refractivity contribution in [2.45, 2.75) is 97.9 Å². The minimum Gasteiger partial charge on any atom is -0.491 e. The molecule has 2 heterocycles. The van der Waals surface area contributed by atoms with Gasteiger partial charge in [0.15, 0.2) is 0 Å². The monoisotopic (exact) mass is 568 g/mol. The molecule has 2 aliphatic heterocycles. The molecule has 41 heavy (non-hydrogen) atoms. The molecule has 1 saturated carbocycles. The molecule has 1 aliphatic carbocycles. The number of amides is 1. The zero-order valence-corrected chi connectivity index (χ0v) is 26.7. The fourth-order valence-electron chi connectivity index (χ4n) is 7.52. The Labute approximate surface area is 249 Å². The zero-order chi connectivity index (χ0) is 29.7. The van der Waals surface area contributed by atoms with Crippen molar-refractivity contribution in [2.75, 3.05) is 40.0 Å². The molecular weight excluding hydrogens is 512 g/mol. The zero-order valence-electron chi connectivity index (χ0n) is 26.7. The van der Waals surface area contributed by atoms with Gasteiger partial charge in [-0.15, -0.1) is 0 Å². The number of nitrogens with one attached hydrogen (secondary N) is 1. The SMILES string of the molecule is CCCC1C(NC(=O)C(C)/C=C\CC(N)N2CCC(C)C2)CC2C1CN2C(C)c1ccc(OCCOC)c(C)c1C. The highest BCUT2D eigenvalue weighted by Gasteiger charge is 2.53. The van der Waals surface area contributed by atoms with E-state index in [-0.39, 0.29) is 24.0 Å². The average Bonchev–Trinajstić information content (AvgIpc) is 3.48. The van der Waals surface area contributed by atoms with E-state index in [0.717, 1.165) is 50.6 Å². The van der Waals surface area contributed by atoms with E-state index in [0.29, 0.717) is 37.1 Å². The number of ether oxygens (including phenoxy) is 2. The summed E-state index contributed by atoms with van der Waals surface area (Å²) in [5.74, 6) is 2.88. The van der Waals surface area contributed by atoms with Crippen LogP contribution in [0.3, 0.4) is 0 Å². The van der Waals surface area contributed by atoms with Gasteiger partial charge in [-0.25, -0.2) is 0 Å². The molecule has 7 heteroatoms. The van der Waals surface area contributed by atoms with Crippen LogP contribution in [0, 0.1) is 37.5 Å². The van der Waals surface area contributed by atoms with Crippen molar-refractivity contribution in [3.05, 3.63) is 41.0 Å². The fourth-order valence-corrected chi connectivity index (χ4v) is 7.52. The van der Waals surface area contributed by atoms with Crippen LogP contribution in [0.15, 0.2) is 24.3 Å². The number of hydrogen-bond acceptors (Lipinski definition) is 6. The van der Waals surface area contributed by atoms with E-state index in [9.17, 15) is 4.79 Å². The van der Waals surface area contributed by atoms with Gasteiger partial charge in [0.1, 0.15) is 12.4 Å². The van der Waals surface area contributed by atoms with Crippen molar-refractivity contribution in [1.29, 1.82) is 0 Å². The minimum atomic E-state index is -0.148. The molecule has 3 aliphatic rings. The second-order valence-electron chi connectivity index (χ2n) is 13.1. The highest BCUT2D eigenvalue weighted by atomic mass is 16.5. The Balaban J connectivity index is 1.33. The van der Waals surface area contributed by atoms with Gasteiger partial charge in [0.2, 0.25) is 5.91 Å². The van der Waals surface area contributed by atoms with E-state index in [1.807, 2.05) is 6.92 Å². The van der Waals surface area contributed by atoms with E-state index >= 15 is 0 Å². The standard InChI is InChI=1S/C34H56N4O3/c1-8-10-28-29-21-38(26(6)27-13-14-32(25(5)24(27)4)41-18-17-40-7)31(29)19-30(28)36-34(39)23(3)11-9-12-33(35)37-16-15-22(2)20-37/h9,11,13-14,22-23,26,28-31,33H,8,10,12,15-21,35H2,1-7H3,(H,36,39)/b11-9-. The number of likely N-dealkylation sites (tertiary alicyclic amines) is 2. The maximum atomic E-state index is 13.3. The number of hydrogen-bond donors (Lipinski definition) is 2. The molecule has 8 unspecified atom stereocenters. The number of fused-ring (bicyclic) bond motifs is 1. The van der Waals surface area contributed by atoms with Crippen LogP contribution in [0.2, 0.25) is 0 Å². The van der Waals surface area contributed by atoms with Gasteiger partial charge in [-0.2, -0.15) is 0 Å². The maximum Gasteiger partial charge on any atom is 0.226 e. The Morgan fingerprint density at radius 3 is 2.66 bits per heavy atom. The smallest absolute Gasteiger partial charge is 0.226 e. The number of benzene rings is 1. The van der Waals surface area contributed by atoms with Crippen LogP contribution in [0.5, 0.6) is 5.75 Å². The van der Waals surface area contributed by atoms with Crippen LogP contribution in [0.1, 0.15) is 82.5 Å². The summed E-state index contributed by atoms with van der Waals surface area (Å²) < 4.78 is 11.1. The summed E-state index contributed by atoms with van der Waals surface area (Å²) in [6, 6.07) is 5.47. The van der Waals surface area contributed by atoms with Crippen LogP contribution >= 0.6 is 0 Å². The van der Waals surface area contributed by atoms with Gasteiger partial charge in [-0.3, -0.25) is 14.6 Å². The molecule has 0 bridgehead atoms. The highest BCUT2D eigenvalue weighted by Crippen LogP contribution is 2.49. The van der Waals surface area contributed by atoms with E-state index in [1.165, 1.54) is 29.5 Å². The van der Waals surface area contributed by atoms with Gasteiger partial charge in [0.05, 0.1) is 18.7 Å². The third kappa shape index (κ3) is 7.35. The molecular formula is C34H56N4O3. The number of carbonyl (C=O) groups excluding carboxylic acids is 1. The lowest BCUT2D eigenvalue weighted by molar-refractivity contribution is -0.124. The van der Waals surface area contributed by atoms with Crippen LogP contribution in [0.4, 0.5) is 0 Å². The molecule has 0 aromatic heterocycles. The van der Waals surface area contributed by atoms with Gasteiger partial charge in [0, 0.05) is 38.3 Å². The molecule has 7 nitrogen and oxygen atoms in total. The van der Waals surface area contributed by atoms with Gasteiger partial charge >= 0.3 is 0 Å². The predicted octanol–water partition coefficient (Wildman–Crippen LogP) is 5.20. The van der Waals surface area contributed by atoms with Gasteiger partial charge in [-0.05, 0) is 93.5 Å². The molecule has 3 fully saturated rings. The largest absolute Gasteiger partial charge is 0.491 e. The molecule has 2 saturated heterocycles. The third-order valence-electron chi connectivity index (χ3n) is 10.3. The Morgan fingerprint density at radius 1 is 1.20 bits per heavy atom. The van der Waals surface area contributed by atoms with Crippen molar-refractivity contribution >= 4 is 5.91 Å². The summed E-state index contributed by atoms with van der Waals surface area (Å²) >= 11 is 0. The van der Waals surface area contributed by atoms with Crippen LogP contribution in [-0.4, -0.2) is 73.9 Å². The first-order chi connectivity index (χ1) is 19.7. The number of carbonyl (C=O) groups is 1. The highest BCUT2D eigenvalue weighted by molar-refractivity contribution is 5.80. The van der Waals surface area contributed by atoms with Gasteiger partial charge in [0.25, 0.3) is 0 Å². The summed E-state index contributed by atoms with van der Waals surface area (Å²) in [6.45, 7) is 17.7. The van der Waals surface area contributed by atoms with Crippen molar-refractivity contribution in [3.63, 3.8) is 0 Å². The molecule has 0 spiro atoms. The topological polar surface area (TPSA) is 80.1 Å². The lowest BCUT2D eigenvalue weighted by Gasteiger charge is -2.50. The molecule has 3 N–H and O–H groups in total. The average molecular weight is 569 g/mol. The normalized spacial score (nSPS) is 28.8. The maximum absolute atomic E-state index is 13.3. The summed E-state index contributed by atoms with van der Waals surface area (Å²) in [4.78, 5) is 18.3. The molecule has 1 aromatic carbocycles. The quantitative estimate of drug-likeness (QED) is 0.237. The molecule has 8 atom stereocenters. The summed E-state index contributed by atoms with van der Waals surface area (Å²) in [5, 5.41) is 3.48. The van der Waals surface area contributed by atoms with Crippen LogP contribution < -0.4 is 15.8 Å². The van der Waals surface area contributed by atoms with E-state index in [4.69, 9.17) is 15.2 Å². The van der Waals surface area contributed by atoms with E-state index in [1.54, 1.807) is 7.11 Å². The first-order valence-electron chi connectivity index (χ1n) is 16.1. The first-order valence-corrected chi connectivity index (χ1v) is 16.1. The minimum absolute atomic E-state index is 0.0469. The van der Waals surface area contributed by atoms with Crippen molar-refractivity contribution < 1.29 is 14.3 Å². The van der Waals surface area contributed by atoms with E-state index in [2.05, 4.69) is 74.0 Å². The van der Waals surface area contributed by atoms with Crippen molar-refractivity contribution in [3.8, 4) is 5.75 Å². The molecule has 0 radical (unpaired) electrons. The predicted molar refractivity (Wildman–Crippen MR) is 167 cm³/mol. The van der Waals surface area contributed by atoms with Gasteiger partial charge in [-0.1, -0.05) is 45.4 Å². The fraction of sp³-hybridized carbons (Fsp3) is 0.735. The Kier molecular flexibility index (Phi) is 11.3. The number of nitrogens with zero attached hydrogens (tertiary/aromatic N) is 2. The third-order valence-corrected chi connectivity index (χ3v) is 10.3. The van der Waals surface area contributed by atoms with Gasteiger partial charge < -0.3 is 20.5 Å². The number of nitrogens with two attached hydrogens (primary N) is 1. The molecule has 1 aromatic rings. The second-order valence-corrected chi connectivity index (χ2v) is 13.1. The Hall–Kier alpha value is -1.93. The van der Waals surface area contributed by atoms with Crippen LogP contribution in [-0.2, 0) is 9.53 Å². The van der Waals surface area contributed by atoms with E-state index < -0.39 is 0 Å². The first kappa shape index (κ1) is 32.0.